The molecule has 0 radical (unpaired) electrons. The van der Waals surface area contributed by atoms with Crippen LogP contribution in [0.25, 0.3) is 0 Å². The van der Waals surface area contributed by atoms with Crippen LogP contribution in [0.2, 0.25) is 15.2 Å². The summed E-state index contributed by atoms with van der Waals surface area (Å²) in [5.41, 5.74) is 7.64. The van der Waals surface area contributed by atoms with E-state index in [1.165, 1.54) is 0 Å². The minimum absolute atomic E-state index is 0.499. The van der Waals surface area contributed by atoms with Crippen LogP contribution < -0.4 is 10.3 Å². The standard InChI is InChI=1S/C22H27Cl3N4/c1-4-6-16(7-5-2)29-11-10-19(21-20(29)12-14(3)26-22(21)25)28-27-18-9-8-15(23)13-17(18)24/h8-9,12-13,16,27H,4-7,10-11H2,1-3H3/b28-19+. The Labute approximate surface area is 188 Å². The number of fused-ring (bicyclic) bond motifs is 1. The zero-order valence-corrected chi connectivity index (χ0v) is 19.4. The molecule has 0 spiro atoms. The summed E-state index contributed by atoms with van der Waals surface area (Å²) in [6.07, 6.45) is 5.44. The van der Waals surface area contributed by atoms with Crippen LogP contribution >= 0.6 is 34.8 Å². The molecule has 3 rings (SSSR count). The van der Waals surface area contributed by atoms with Crippen molar-refractivity contribution >= 4 is 51.9 Å². The molecule has 0 fully saturated rings. The Bertz CT molecular complexity index is 892. The zero-order valence-electron chi connectivity index (χ0n) is 17.1. The lowest BCUT2D eigenvalue weighted by molar-refractivity contribution is 0.503. The van der Waals surface area contributed by atoms with Crippen molar-refractivity contribution in [3.8, 4) is 0 Å². The fourth-order valence-corrected chi connectivity index (χ4v) is 4.70. The van der Waals surface area contributed by atoms with E-state index in [0.717, 1.165) is 61.3 Å². The molecule has 0 bridgehead atoms. The molecule has 4 nitrogen and oxygen atoms in total. The van der Waals surface area contributed by atoms with Crippen LogP contribution in [-0.4, -0.2) is 23.3 Å². The van der Waals surface area contributed by atoms with Gasteiger partial charge in [0.2, 0.25) is 0 Å². The highest BCUT2D eigenvalue weighted by Crippen LogP contribution is 2.36. The lowest BCUT2D eigenvalue weighted by atomic mass is 9.96. The van der Waals surface area contributed by atoms with E-state index in [0.29, 0.717) is 26.9 Å². The van der Waals surface area contributed by atoms with Crippen molar-refractivity contribution in [2.75, 3.05) is 16.9 Å². The van der Waals surface area contributed by atoms with Crippen molar-refractivity contribution in [2.24, 2.45) is 5.10 Å². The van der Waals surface area contributed by atoms with Crippen molar-refractivity contribution in [1.29, 1.82) is 0 Å². The zero-order chi connectivity index (χ0) is 21.0. The first-order valence-corrected chi connectivity index (χ1v) is 11.3. The smallest absolute Gasteiger partial charge is 0.140 e. The molecule has 1 N–H and O–H groups in total. The second kappa shape index (κ2) is 10.0. The summed E-state index contributed by atoms with van der Waals surface area (Å²) in [6.45, 7) is 7.37. The number of hydrogen-bond acceptors (Lipinski definition) is 4. The van der Waals surface area contributed by atoms with E-state index in [1.807, 2.05) is 13.0 Å². The van der Waals surface area contributed by atoms with E-state index in [2.05, 4.69) is 40.3 Å². The largest absolute Gasteiger partial charge is 0.367 e. The highest BCUT2D eigenvalue weighted by atomic mass is 35.5. The van der Waals surface area contributed by atoms with Crippen LogP contribution in [0.5, 0.6) is 0 Å². The molecule has 0 saturated heterocycles. The first kappa shape index (κ1) is 22.2. The van der Waals surface area contributed by atoms with E-state index in [1.54, 1.807) is 12.1 Å². The van der Waals surface area contributed by atoms with Gasteiger partial charge in [0.25, 0.3) is 0 Å². The number of anilines is 2. The van der Waals surface area contributed by atoms with Crippen molar-refractivity contribution < 1.29 is 0 Å². The Kier molecular flexibility index (Phi) is 7.66. The van der Waals surface area contributed by atoms with E-state index in [9.17, 15) is 0 Å². The van der Waals surface area contributed by atoms with E-state index >= 15 is 0 Å². The van der Waals surface area contributed by atoms with Crippen molar-refractivity contribution in [2.45, 2.75) is 58.9 Å². The van der Waals surface area contributed by atoms with Crippen LogP contribution in [0.3, 0.4) is 0 Å². The minimum Gasteiger partial charge on any atom is -0.367 e. The number of aromatic nitrogens is 1. The van der Waals surface area contributed by atoms with Gasteiger partial charge in [-0.05, 0) is 44.0 Å². The number of hydrogen-bond donors (Lipinski definition) is 1. The van der Waals surface area contributed by atoms with Crippen LogP contribution in [-0.2, 0) is 0 Å². The van der Waals surface area contributed by atoms with Gasteiger partial charge in [0.15, 0.2) is 0 Å². The van der Waals surface area contributed by atoms with E-state index < -0.39 is 0 Å². The highest BCUT2D eigenvalue weighted by Gasteiger charge is 2.29. The molecule has 0 aliphatic carbocycles. The second-order valence-corrected chi connectivity index (χ2v) is 8.62. The molecule has 0 unspecified atom stereocenters. The quantitative estimate of drug-likeness (QED) is 0.352. The van der Waals surface area contributed by atoms with Gasteiger partial charge in [0.1, 0.15) is 5.15 Å². The molecular weight excluding hydrogens is 427 g/mol. The third-order valence-corrected chi connectivity index (χ3v) is 6.02. The second-order valence-electron chi connectivity index (χ2n) is 7.42. The summed E-state index contributed by atoms with van der Waals surface area (Å²) in [5, 5.41) is 6.27. The van der Waals surface area contributed by atoms with Gasteiger partial charge in [-0.25, -0.2) is 4.98 Å². The number of pyridine rings is 1. The maximum absolute atomic E-state index is 6.61. The monoisotopic (exact) mass is 452 g/mol. The Morgan fingerprint density at radius 2 is 1.86 bits per heavy atom. The maximum atomic E-state index is 6.61. The molecule has 156 valence electrons. The van der Waals surface area contributed by atoms with Gasteiger partial charge < -0.3 is 4.90 Å². The predicted molar refractivity (Wildman–Crippen MR) is 126 cm³/mol. The van der Waals surface area contributed by atoms with Gasteiger partial charge in [-0.3, -0.25) is 5.43 Å². The average molecular weight is 454 g/mol. The Morgan fingerprint density at radius 1 is 1.14 bits per heavy atom. The topological polar surface area (TPSA) is 40.5 Å². The maximum Gasteiger partial charge on any atom is 0.140 e. The molecule has 1 aliphatic heterocycles. The van der Waals surface area contributed by atoms with Crippen molar-refractivity contribution in [1.82, 2.24) is 4.98 Å². The lowest BCUT2D eigenvalue weighted by Gasteiger charge is -2.38. The Balaban J connectivity index is 1.98. The molecule has 0 amide bonds. The Hall–Kier alpha value is -1.49. The number of hydrazone groups is 1. The number of rotatable bonds is 7. The fraction of sp³-hybridized carbons (Fsp3) is 0.455. The molecule has 0 saturated carbocycles. The summed E-state index contributed by atoms with van der Waals surface area (Å²) in [4.78, 5) is 6.99. The summed E-state index contributed by atoms with van der Waals surface area (Å²) in [6, 6.07) is 7.92. The molecule has 2 aromatic rings. The molecule has 7 heteroatoms. The normalized spacial score (nSPS) is 15.1. The molecule has 0 atom stereocenters. The van der Waals surface area contributed by atoms with Gasteiger partial charge in [0, 0.05) is 29.7 Å². The van der Waals surface area contributed by atoms with E-state index in [4.69, 9.17) is 34.8 Å². The van der Waals surface area contributed by atoms with Gasteiger partial charge in [0.05, 0.1) is 27.7 Å². The molecule has 29 heavy (non-hydrogen) atoms. The number of nitrogens with one attached hydrogen (secondary N) is 1. The number of aryl methyl sites for hydroxylation is 1. The van der Waals surface area contributed by atoms with E-state index in [-0.39, 0.29) is 0 Å². The van der Waals surface area contributed by atoms with Gasteiger partial charge >= 0.3 is 0 Å². The molecular formula is C22H27Cl3N4. The number of benzene rings is 1. The number of nitrogens with zero attached hydrogens (tertiary/aromatic N) is 3. The number of halogens is 3. The van der Waals surface area contributed by atoms with Crippen molar-refractivity contribution in [3.05, 3.63) is 50.7 Å². The first-order chi connectivity index (χ1) is 13.9. The summed E-state index contributed by atoms with van der Waals surface area (Å²) >= 11 is 18.9. The Morgan fingerprint density at radius 3 is 2.52 bits per heavy atom. The van der Waals surface area contributed by atoms with Gasteiger partial charge in [-0.1, -0.05) is 61.5 Å². The molecule has 2 heterocycles. The van der Waals surface area contributed by atoms with Crippen LogP contribution in [0.15, 0.2) is 29.4 Å². The first-order valence-electron chi connectivity index (χ1n) is 10.2. The molecule has 1 aromatic carbocycles. The fourth-order valence-electron chi connectivity index (χ4n) is 3.91. The third kappa shape index (κ3) is 5.17. The van der Waals surface area contributed by atoms with Gasteiger partial charge in [-0.15, -0.1) is 0 Å². The summed E-state index contributed by atoms with van der Waals surface area (Å²) in [5.74, 6) is 0. The molecule has 1 aromatic heterocycles. The summed E-state index contributed by atoms with van der Waals surface area (Å²) in [7, 11) is 0. The van der Waals surface area contributed by atoms with Crippen LogP contribution in [0.1, 0.15) is 57.2 Å². The van der Waals surface area contributed by atoms with Crippen LogP contribution in [0.4, 0.5) is 11.4 Å². The minimum atomic E-state index is 0.499. The summed E-state index contributed by atoms with van der Waals surface area (Å²) < 4.78 is 0. The average Bonchev–Trinajstić information content (AvgIpc) is 2.66. The van der Waals surface area contributed by atoms with Gasteiger partial charge in [-0.2, -0.15) is 5.10 Å². The van der Waals surface area contributed by atoms with Crippen LogP contribution in [0, 0.1) is 6.92 Å². The third-order valence-electron chi connectivity index (χ3n) is 5.20. The molecule has 1 aliphatic rings. The lowest BCUT2D eigenvalue weighted by Crippen LogP contribution is -2.41. The van der Waals surface area contributed by atoms with Crippen molar-refractivity contribution in [3.63, 3.8) is 0 Å². The SMILES string of the molecule is CCCC(CCC)N1CC/C(=N\Nc2ccc(Cl)cc2Cl)c2c1cc(C)nc2Cl. The predicted octanol–water partition coefficient (Wildman–Crippen LogP) is 7.35. The highest BCUT2D eigenvalue weighted by molar-refractivity contribution is 6.36.